The summed E-state index contributed by atoms with van der Waals surface area (Å²) in [5.74, 6) is -0.684. The van der Waals surface area contributed by atoms with Crippen LogP contribution >= 0.6 is 11.6 Å². The van der Waals surface area contributed by atoms with Crippen LogP contribution in [0.4, 0.5) is 4.39 Å². The highest BCUT2D eigenvalue weighted by Crippen LogP contribution is 2.40. The topological polar surface area (TPSA) is 66.8 Å². The molecule has 0 aliphatic heterocycles. The number of carbonyl (C=O) groups is 1. The second-order valence-electron chi connectivity index (χ2n) is 14.0. The fraction of sp³-hybridized carbons (Fsp3) is 0.529. The number of ether oxygens (including phenoxy) is 2. The molecule has 0 fully saturated rings. The first-order valence-electron chi connectivity index (χ1n) is 14.9. The highest BCUT2D eigenvalue weighted by Gasteiger charge is 2.39. The fourth-order valence-corrected chi connectivity index (χ4v) is 5.88. The molecule has 0 saturated heterocycles. The highest BCUT2D eigenvalue weighted by molar-refractivity contribution is 6.74. The number of pyridine rings is 1. The summed E-state index contributed by atoms with van der Waals surface area (Å²) in [5.41, 5.74) is 0.745. The molecule has 1 unspecified atom stereocenters. The van der Waals surface area contributed by atoms with Crippen molar-refractivity contribution < 1.29 is 23.1 Å². The van der Waals surface area contributed by atoms with E-state index in [0.29, 0.717) is 34.4 Å². The van der Waals surface area contributed by atoms with Crippen LogP contribution in [0.5, 0.6) is 5.75 Å². The third kappa shape index (κ3) is 7.89. The summed E-state index contributed by atoms with van der Waals surface area (Å²) in [6.07, 6.45) is 1.56. The summed E-state index contributed by atoms with van der Waals surface area (Å²) in [4.78, 5) is 27.0. The molecule has 0 spiro atoms. The highest BCUT2D eigenvalue weighted by atomic mass is 35.5. The quantitative estimate of drug-likeness (QED) is 0.165. The van der Waals surface area contributed by atoms with Crippen molar-refractivity contribution in [3.8, 4) is 5.75 Å². The lowest BCUT2D eigenvalue weighted by atomic mass is 9.86. The monoisotopic (exact) mass is 631 g/mol. The second kappa shape index (κ2) is 13.1. The Balaban J connectivity index is 2.37. The predicted molar refractivity (Wildman–Crippen MR) is 176 cm³/mol. The summed E-state index contributed by atoms with van der Waals surface area (Å²) in [7, 11) is -2.14. The molecule has 1 aromatic heterocycles. The Morgan fingerprint density at radius 3 is 2.28 bits per heavy atom. The van der Waals surface area contributed by atoms with Crippen LogP contribution in [0.25, 0.3) is 10.9 Å². The van der Waals surface area contributed by atoms with Crippen molar-refractivity contribution in [2.75, 3.05) is 13.2 Å². The lowest BCUT2D eigenvalue weighted by Crippen LogP contribution is -2.43. The van der Waals surface area contributed by atoms with Gasteiger partial charge in [-0.15, -0.1) is 0 Å². The van der Waals surface area contributed by atoms with Crippen molar-refractivity contribution in [1.29, 1.82) is 0 Å². The van der Waals surface area contributed by atoms with Crippen LogP contribution in [0, 0.1) is 11.2 Å². The maximum atomic E-state index is 15.0. The van der Waals surface area contributed by atoms with Crippen molar-refractivity contribution >= 4 is 36.8 Å². The molecular weight excluding hydrogens is 585 g/mol. The van der Waals surface area contributed by atoms with Crippen LogP contribution in [-0.4, -0.2) is 38.2 Å². The minimum Gasteiger partial charge on any atom is -0.491 e. The number of esters is 1. The Morgan fingerprint density at radius 2 is 1.72 bits per heavy atom. The molecule has 3 rings (SSSR count). The van der Waals surface area contributed by atoms with Gasteiger partial charge in [0.2, 0.25) is 5.43 Å². The summed E-state index contributed by atoms with van der Waals surface area (Å²) >= 11 is 6.08. The van der Waals surface area contributed by atoms with E-state index < -0.39 is 25.5 Å². The molecule has 0 amide bonds. The molecule has 0 aliphatic carbocycles. The van der Waals surface area contributed by atoms with Crippen LogP contribution in [0.15, 0.2) is 41.3 Å². The van der Waals surface area contributed by atoms with Gasteiger partial charge in [0.25, 0.3) is 0 Å². The Labute approximate surface area is 261 Å². The Kier molecular flexibility index (Phi) is 10.6. The number of rotatable bonds is 10. The van der Waals surface area contributed by atoms with Gasteiger partial charge >= 0.3 is 5.97 Å². The first-order chi connectivity index (χ1) is 19.8. The Morgan fingerprint density at radius 1 is 1.07 bits per heavy atom. The van der Waals surface area contributed by atoms with Gasteiger partial charge in [-0.2, -0.15) is 0 Å². The molecule has 0 aliphatic rings. The van der Waals surface area contributed by atoms with E-state index in [0.717, 1.165) is 0 Å². The van der Waals surface area contributed by atoms with Crippen molar-refractivity contribution in [1.82, 2.24) is 4.57 Å². The first kappa shape index (κ1) is 34.8. The predicted octanol–water partition coefficient (Wildman–Crippen LogP) is 8.96. The van der Waals surface area contributed by atoms with Crippen molar-refractivity contribution in [3.63, 3.8) is 0 Å². The van der Waals surface area contributed by atoms with Gasteiger partial charge in [0.05, 0.1) is 35.9 Å². The van der Waals surface area contributed by atoms with Crippen LogP contribution < -0.4 is 10.2 Å². The minimum atomic E-state index is -2.14. The molecule has 0 radical (unpaired) electrons. The molecule has 9 heteroatoms. The number of benzene rings is 2. The number of hydrogen-bond donors (Lipinski definition) is 0. The maximum absolute atomic E-state index is 15.0. The lowest BCUT2D eigenvalue weighted by Gasteiger charge is -2.40. The molecule has 0 N–H and O–H groups in total. The van der Waals surface area contributed by atoms with Gasteiger partial charge in [-0.1, -0.05) is 65.3 Å². The molecule has 0 bridgehead atoms. The fourth-order valence-electron chi connectivity index (χ4n) is 4.68. The first-order valence-corrected chi connectivity index (χ1v) is 18.2. The largest absolute Gasteiger partial charge is 0.491 e. The molecule has 1 heterocycles. The lowest BCUT2D eigenvalue weighted by molar-refractivity contribution is 0.0522. The zero-order chi connectivity index (χ0) is 32.5. The van der Waals surface area contributed by atoms with Gasteiger partial charge in [0.1, 0.15) is 17.1 Å². The van der Waals surface area contributed by atoms with Gasteiger partial charge < -0.3 is 18.5 Å². The summed E-state index contributed by atoms with van der Waals surface area (Å²) in [6, 6.07) is 8.13. The number of aromatic nitrogens is 1. The van der Waals surface area contributed by atoms with Crippen LogP contribution in [0.2, 0.25) is 23.2 Å². The number of fused-ring (bicyclic) bond motifs is 1. The van der Waals surface area contributed by atoms with E-state index in [4.69, 9.17) is 25.5 Å². The van der Waals surface area contributed by atoms with Gasteiger partial charge in [0.15, 0.2) is 8.32 Å². The smallest absolute Gasteiger partial charge is 0.343 e. The third-order valence-corrected chi connectivity index (χ3v) is 13.0. The second-order valence-corrected chi connectivity index (χ2v) is 19.2. The Hall–Kier alpha value is -2.68. The van der Waals surface area contributed by atoms with Crippen molar-refractivity contribution in [2.45, 2.75) is 99.0 Å². The number of halogens is 2. The molecular formula is C34H47ClFNO5Si. The van der Waals surface area contributed by atoms with E-state index in [2.05, 4.69) is 54.6 Å². The molecule has 0 saturated carbocycles. The molecule has 236 valence electrons. The average Bonchev–Trinajstić information content (AvgIpc) is 2.87. The van der Waals surface area contributed by atoms with E-state index in [1.54, 1.807) is 31.3 Å². The standard InChI is InChI=1S/C34H47ClFNO5Si/c1-12-40-32(39)25-19-37(29(33(4,5)6)20-41-43(10,11)34(7,8)9)27-18-28(42-21(2)3)23(17-24(27)31(25)38)16-22-14-13-15-26(35)30(22)36/h13-15,17-19,21,29H,12,16,20H2,1-11H3. The van der Waals surface area contributed by atoms with Crippen molar-refractivity contribution in [3.05, 3.63) is 74.3 Å². The molecule has 3 aromatic rings. The third-order valence-electron chi connectivity index (χ3n) is 8.23. The van der Waals surface area contributed by atoms with Gasteiger partial charge in [-0.05, 0) is 67.6 Å². The molecule has 1 atom stereocenters. The zero-order valence-corrected chi connectivity index (χ0v) is 29.2. The van der Waals surface area contributed by atoms with Crippen LogP contribution in [0.3, 0.4) is 0 Å². The minimum absolute atomic E-state index is 0.0000783. The maximum Gasteiger partial charge on any atom is 0.343 e. The normalized spacial score (nSPS) is 13.4. The zero-order valence-electron chi connectivity index (χ0n) is 27.5. The van der Waals surface area contributed by atoms with E-state index in [1.165, 1.54) is 6.07 Å². The number of nitrogens with zero attached hydrogens (tertiary/aromatic N) is 1. The van der Waals surface area contributed by atoms with E-state index in [1.807, 2.05) is 24.5 Å². The Bertz CT molecular complexity index is 1530. The summed E-state index contributed by atoms with van der Waals surface area (Å²) in [5, 5.41) is 0.340. The number of carbonyl (C=O) groups excluding carboxylic acids is 1. The van der Waals surface area contributed by atoms with E-state index in [-0.39, 0.29) is 46.2 Å². The number of hydrogen-bond acceptors (Lipinski definition) is 5. The average molecular weight is 632 g/mol. The van der Waals surface area contributed by atoms with Crippen molar-refractivity contribution in [2.24, 2.45) is 5.41 Å². The molecule has 6 nitrogen and oxygen atoms in total. The summed E-state index contributed by atoms with van der Waals surface area (Å²) in [6.45, 7) is 23.4. The van der Waals surface area contributed by atoms with Gasteiger partial charge in [0, 0.05) is 24.1 Å². The van der Waals surface area contributed by atoms with E-state index >= 15 is 0 Å². The summed E-state index contributed by atoms with van der Waals surface area (Å²) < 4.78 is 35.2. The molecule has 2 aromatic carbocycles. The SMILES string of the molecule is CCOC(=O)c1cn(C(CO[Si](C)(C)C(C)(C)C)C(C)(C)C)c2cc(OC(C)C)c(Cc3cccc(Cl)c3F)cc2c1=O. The van der Waals surface area contributed by atoms with E-state index in [9.17, 15) is 14.0 Å². The van der Waals surface area contributed by atoms with Gasteiger partial charge in [-0.25, -0.2) is 9.18 Å². The van der Waals surface area contributed by atoms with Crippen LogP contribution in [-0.2, 0) is 15.6 Å². The van der Waals surface area contributed by atoms with Gasteiger partial charge in [-0.3, -0.25) is 4.79 Å². The van der Waals surface area contributed by atoms with Crippen LogP contribution in [0.1, 0.15) is 89.8 Å². The molecule has 43 heavy (non-hydrogen) atoms.